The molecule has 4 nitrogen and oxygen atoms in total. The van der Waals surface area contributed by atoms with Crippen LogP contribution < -0.4 is 0 Å². The van der Waals surface area contributed by atoms with Gasteiger partial charge in [0.1, 0.15) is 5.60 Å². The van der Waals surface area contributed by atoms with Gasteiger partial charge in [-0.25, -0.2) is 0 Å². The maximum atomic E-state index is 10.3. The molecule has 0 fully saturated rings. The second-order valence-corrected chi connectivity index (χ2v) is 4.34. The molecule has 1 aromatic rings. The molecule has 0 aromatic carbocycles. The van der Waals surface area contributed by atoms with E-state index in [4.69, 9.17) is 4.74 Å². The van der Waals surface area contributed by atoms with E-state index in [9.17, 15) is 5.11 Å². The molecule has 2 unspecified atom stereocenters. The lowest BCUT2D eigenvalue weighted by Crippen LogP contribution is -2.37. The average molecular weight is 263 g/mol. The maximum Gasteiger partial charge on any atom is 0.130 e. The molecule has 0 saturated carbocycles. The number of aromatic nitrogens is 2. The molecule has 1 rings (SSSR count). The van der Waals surface area contributed by atoms with Crippen LogP contribution in [0.4, 0.5) is 0 Å². The Morgan fingerprint density at radius 2 is 2.29 bits per heavy atom. The van der Waals surface area contributed by atoms with Gasteiger partial charge in [-0.15, -0.1) is 0 Å². The second kappa shape index (κ2) is 4.00. The van der Waals surface area contributed by atoms with Crippen LogP contribution in [0, 0.1) is 0 Å². The molecule has 0 spiro atoms. The van der Waals surface area contributed by atoms with Crippen LogP contribution in [0.2, 0.25) is 0 Å². The van der Waals surface area contributed by atoms with Gasteiger partial charge < -0.3 is 9.84 Å². The molecule has 1 heterocycles. The SMILES string of the molecule is COC(C)C(C)(O)c1c(Br)cnn1C. The minimum atomic E-state index is -1.06. The lowest BCUT2D eigenvalue weighted by atomic mass is 9.96. The van der Waals surface area contributed by atoms with Crippen molar-refractivity contribution in [3.8, 4) is 0 Å². The number of rotatable bonds is 3. The van der Waals surface area contributed by atoms with Crippen molar-refractivity contribution < 1.29 is 9.84 Å². The van der Waals surface area contributed by atoms with Crippen LogP contribution in [0.3, 0.4) is 0 Å². The Morgan fingerprint density at radius 1 is 1.71 bits per heavy atom. The highest BCUT2D eigenvalue weighted by molar-refractivity contribution is 9.10. The van der Waals surface area contributed by atoms with E-state index in [0.29, 0.717) is 5.69 Å². The van der Waals surface area contributed by atoms with E-state index < -0.39 is 5.60 Å². The summed E-state index contributed by atoms with van der Waals surface area (Å²) in [6.07, 6.45) is 1.36. The zero-order valence-corrected chi connectivity index (χ0v) is 10.4. The van der Waals surface area contributed by atoms with Crippen LogP contribution >= 0.6 is 15.9 Å². The minimum absolute atomic E-state index is 0.297. The largest absolute Gasteiger partial charge is 0.381 e. The van der Waals surface area contributed by atoms with Gasteiger partial charge in [0.15, 0.2) is 0 Å². The summed E-state index contributed by atoms with van der Waals surface area (Å²) in [5.41, 5.74) is -0.342. The molecular weight excluding hydrogens is 248 g/mol. The lowest BCUT2D eigenvalue weighted by molar-refractivity contribution is -0.0823. The fourth-order valence-electron chi connectivity index (χ4n) is 1.40. The van der Waals surface area contributed by atoms with Gasteiger partial charge in [0, 0.05) is 14.2 Å². The number of methoxy groups -OCH3 is 1. The summed E-state index contributed by atoms with van der Waals surface area (Å²) in [6.45, 7) is 3.53. The zero-order valence-electron chi connectivity index (χ0n) is 8.78. The first-order valence-electron chi connectivity index (χ1n) is 4.34. The van der Waals surface area contributed by atoms with Gasteiger partial charge in [0.05, 0.1) is 22.5 Å². The fraction of sp³-hybridized carbons (Fsp3) is 0.667. The van der Waals surface area contributed by atoms with Gasteiger partial charge in [-0.1, -0.05) is 0 Å². The van der Waals surface area contributed by atoms with Gasteiger partial charge in [-0.05, 0) is 29.8 Å². The Kier molecular flexibility index (Phi) is 3.34. The van der Waals surface area contributed by atoms with Crippen LogP contribution in [0.1, 0.15) is 19.5 Å². The van der Waals surface area contributed by atoms with E-state index in [1.807, 2.05) is 6.92 Å². The monoisotopic (exact) mass is 262 g/mol. The molecule has 0 aliphatic heterocycles. The van der Waals surface area contributed by atoms with Crippen molar-refractivity contribution >= 4 is 15.9 Å². The van der Waals surface area contributed by atoms with Crippen molar-refractivity contribution in [1.82, 2.24) is 9.78 Å². The van der Waals surface area contributed by atoms with Crippen LogP contribution in [0.5, 0.6) is 0 Å². The predicted octanol–water partition coefficient (Wildman–Crippen LogP) is 1.43. The van der Waals surface area contributed by atoms with Crippen LogP contribution in [0.25, 0.3) is 0 Å². The molecule has 1 N–H and O–H groups in total. The smallest absolute Gasteiger partial charge is 0.130 e. The van der Waals surface area contributed by atoms with E-state index in [0.717, 1.165) is 4.47 Å². The molecule has 5 heteroatoms. The Labute approximate surface area is 92.0 Å². The van der Waals surface area contributed by atoms with Crippen molar-refractivity contribution in [3.63, 3.8) is 0 Å². The standard InChI is InChI=1S/C9H15BrN2O2/c1-6(14-4)9(2,13)8-7(10)5-11-12(8)3/h5-6,13H,1-4H3. The summed E-state index contributed by atoms with van der Waals surface area (Å²) >= 11 is 3.35. The van der Waals surface area contributed by atoms with E-state index in [1.165, 1.54) is 0 Å². The molecule has 0 aliphatic carbocycles. The van der Waals surface area contributed by atoms with Crippen molar-refractivity contribution in [2.45, 2.75) is 25.6 Å². The molecular formula is C9H15BrN2O2. The summed E-state index contributed by atoms with van der Waals surface area (Å²) < 4.78 is 7.56. The molecule has 80 valence electrons. The summed E-state index contributed by atoms with van der Waals surface area (Å²) in [5.74, 6) is 0. The Hall–Kier alpha value is -0.390. The number of nitrogens with zero attached hydrogens (tertiary/aromatic N) is 2. The third-order valence-corrected chi connectivity index (χ3v) is 3.10. The van der Waals surface area contributed by atoms with Crippen molar-refractivity contribution in [2.24, 2.45) is 7.05 Å². The molecule has 0 bridgehead atoms. The van der Waals surface area contributed by atoms with Gasteiger partial charge in [0.25, 0.3) is 0 Å². The number of ether oxygens (including phenoxy) is 1. The number of hydrogen-bond acceptors (Lipinski definition) is 3. The Balaban J connectivity index is 3.14. The van der Waals surface area contributed by atoms with Crippen LogP contribution in [0.15, 0.2) is 10.7 Å². The molecule has 0 saturated heterocycles. The van der Waals surface area contributed by atoms with E-state index in [-0.39, 0.29) is 6.10 Å². The Morgan fingerprint density at radius 3 is 2.64 bits per heavy atom. The zero-order chi connectivity index (χ0) is 10.9. The van der Waals surface area contributed by atoms with Crippen LogP contribution in [-0.4, -0.2) is 28.1 Å². The highest BCUT2D eigenvalue weighted by Gasteiger charge is 2.35. The minimum Gasteiger partial charge on any atom is -0.381 e. The molecule has 1 aromatic heterocycles. The van der Waals surface area contributed by atoms with Gasteiger partial charge >= 0.3 is 0 Å². The van der Waals surface area contributed by atoms with Crippen molar-refractivity contribution in [3.05, 3.63) is 16.4 Å². The van der Waals surface area contributed by atoms with E-state index in [1.54, 1.807) is 32.0 Å². The van der Waals surface area contributed by atoms with E-state index >= 15 is 0 Å². The number of aryl methyl sites for hydroxylation is 1. The van der Waals surface area contributed by atoms with Crippen molar-refractivity contribution in [2.75, 3.05) is 7.11 Å². The van der Waals surface area contributed by atoms with Gasteiger partial charge in [-0.2, -0.15) is 5.10 Å². The maximum absolute atomic E-state index is 10.3. The predicted molar refractivity (Wildman–Crippen MR) is 56.9 cm³/mol. The second-order valence-electron chi connectivity index (χ2n) is 3.49. The molecule has 14 heavy (non-hydrogen) atoms. The first-order valence-corrected chi connectivity index (χ1v) is 5.13. The first-order chi connectivity index (χ1) is 6.41. The average Bonchev–Trinajstić information content (AvgIpc) is 2.44. The quantitative estimate of drug-likeness (QED) is 0.897. The third kappa shape index (κ3) is 1.85. The molecule has 0 aliphatic rings. The normalized spacial score (nSPS) is 17.9. The topological polar surface area (TPSA) is 47.3 Å². The van der Waals surface area contributed by atoms with Gasteiger partial charge in [0.2, 0.25) is 0 Å². The number of halogens is 1. The molecule has 0 amide bonds. The highest BCUT2D eigenvalue weighted by atomic mass is 79.9. The lowest BCUT2D eigenvalue weighted by Gasteiger charge is -2.29. The third-order valence-electron chi connectivity index (χ3n) is 2.52. The van der Waals surface area contributed by atoms with Gasteiger partial charge in [-0.3, -0.25) is 4.68 Å². The highest BCUT2D eigenvalue weighted by Crippen LogP contribution is 2.31. The van der Waals surface area contributed by atoms with E-state index in [2.05, 4.69) is 21.0 Å². The number of hydrogen-bond donors (Lipinski definition) is 1. The molecule has 2 atom stereocenters. The number of aliphatic hydroxyl groups is 1. The van der Waals surface area contributed by atoms with Crippen LogP contribution in [-0.2, 0) is 17.4 Å². The fourth-order valence-corrected chi connectivity index (χ4v) is 2.15. The van der Waals surface area contributed by atoms with Crippen molar-refractivity contribution in [1.29, 1.82) is 0 Å². The summed E-state index contributed by atoms with van der Waals surface area (Å²) in [6, 6.07) is 0. The first kappa shape index (κ1) is 11.7. The summed E-state index contributed by atoms with van der Waals surface area (Å²) in [4.78, 5) is 0. The summed E-state index contributed by atoms with van der Waals surface area (Å²) in [5, 5.41) is 14.3. The Bertz CT molecular complexity index is 303. The summed E-state index contributed by atoms with van der Waals surface area (Å²) in [7, 11) is 3.36. The molecule has 0 radical (unpaired) electrons.